The maximum Gasteiger partial charge on any atom is 0.401 e. The van der Waals surface area contributed by atoms with Crippen LogP contribution in [0.15, 0.2) is 0 Å². The second kappa shape index (κ2) is 6.22. The Morgan fingerprint density at radius 2 is 2.00 bits per heavy atom. The first-order valence-electron chi connectivity index (χ1n) is 7.76. The molecular weight excluding hydrogens is 265 g/mol. The van der Waals surface area contributed by atoms with Gasteiger partial charge in [-0.25, -0.2) is 0 Å². The van der Waals surface area contributed by atoms with Crippen molar-refractivity contribution < 1.29 is 13.2 Å². The summed E-state index contributed by atoms with van der Waals surface area (Å²) in [5, 5.41) is 3.59. The quantitative estimate of drug-likeness (QED) is 0.854. The third-order valence-electron chi connectivity index (χ3n) is 4.67. The van der Waals surface area contributed by atoms with Crippen molar-refractivity contribution >= 4 is 0 Å². The summed E-state index contributed by atoms with van der Waals surface area (Å²) in [6.45, 7) is 5.91. The van der Waals surface area contributed by atoms with Crippen molar-refractivity contribution in [3.63, 3.8) is 0 Å². The molecule has 1 aliphatic heterocycles. The molecular formula is C15H27F3N2. The molecule has 0 amide bonds. The maximum atomic E-state index is 12.3. The smallest absolute Gasteiger partial charge is 0.314 e. The van der Waals surface area contributed by atoms with Crippen molar-refractivity contribution in [2.45, 2.75) is 58.2 Å². The van der Waals surface area contributed by atoms with E-state index in [-0.39, 0.29) is 0 Å². The Balaban J connectivity index is 1.68. The molecule has 1 aliphatic carbocycles. The van der Waals surface area contributed by atoms with Crippen LogP contribution in [0.3, 0.4) is 0 Å². The normalized spacial score (nSPS) is 31.6. The molecule has 2 fully saturated rings. The number of hydrogen-bond acceptors (Lipinski definition) is 2. The van der Waals surface area contributed by atoms with Crippen LogP contribution in [0, 0.1) is 11.3 Å². The van der Waals surface area contributed by atoms with Gasteiger partial charge in [-0.2, -0.15) is 13.2 Å². The second-order valence-corrected chi connectivity index (χ2v) is 7.37. The summed E-state index contributed by atoms with van der Waals surface area (Å²) in [5.74, 6) is 0.377. The van der Waals surface area contributed by atoms with Gasteiger partial charge in [0.25, 0.3) is 0 Å². The highest BCUT2D eigenvalue weighted by Gasteiger charge is 2.34. The Morgan fingerprint density at radius 1 is 1.25 bits per heavy atom. The molecule has 2 aliphatic rings. The number of halogens is 3. The first-order valence-corrected chi connectivity index (χ1v) is 7.76. The van der Waals surface area contributed by atoms with Crippen LogP contribution in [0.2, 0.25) is 0 Å². The van der Waals surface area contributed by atoms with Gasteiger partial charge in [0, 0.05) is 12.6 Å². The van der Waals surface area contributed by atoms with Crippen molar-refractivity contribution in [1.29, 1.82) is 0 Å². The van der Waals surface area contributed by atoms with E-state index < -0.39 is 12.7 Å². The van der Waals surface area contributed by atoms with Crippen LogP contribution in [0.25, 0.3) is 0 Å². The van der Waals surface area contributed by atoms with E-state index in [4.69, 9.17) is 0 Å². The Bertz CT molecular complexity index is 315. The van der Waals surface area contributed by atoms with Crippen molar-refractivity contribution in [3.05, 3.63) is 0 Å². The van der Waals surface area contributed by atoms with E-state index in [9.17, 15) is 13.2 Å². The molecule has 1 N–H and O–H groups in total. The molecule has 2 nitrogen and oxygen atoms in total. The van der Waals surface area contributed by atoms with E-state index in [0.717, 1.165) is 13.0 Å². The Hall–Kier alpha value is -0.290. The summed E-state index contributed by atoms with van der Waals surface area (Å²) in [7, 11) is 0. The lowest BCUT2D eigenvalue weighted by atomic mass is 9.75. The summed E-state index contributed by atoms with van der Waals surface area (Å²) in [4.78, 5) is 1.54. The topological polar surface area (TPSA) is 15.3 Å². The highest BCUT2D eigenvalue weighted by atomic mass is 19.4. The Kier molecular flexibility index (Phi) is 5.00. The van der Waals surface area contributed by atoms with Crippen LogP contribution in [0.5, 0.6) is 0 Å². The van der Waals surface area contributed by atoms with Gasteiger partial charge in [-0.1, -0.05) is 20.3 Å². The van der Waals surface area contributed by atoms with Gasteiger partial charge in [0.15, 0.2) is 0 Å². The lowest BCUT2D eigenvalue weighted by molar-refractivity contribution is -0.143. The molecule has 1 saturated carbocycles. The molecule has 5 heteroatoms. The minimum Gasteiger partial charge on any atom is -0.314 e. The first-order chi connectivity index (χ1) is 9.23. The second-order valence-electron chi connectivity index (χ2n) is 7.37. The summed E-state index contributed by atoms with van der Waals surface area (Å²) in [5.41, 5.74) is 0.411. The average Bonchev–Trinajstić information content (AvgIpc) is 2.70. The van der Waals surface area contributed by atoms with Crippen molar-refractivity contribution in [1.82, 2.24) is 10.2 Å². The molecule has 118 valence electrons. The summed E-state index contributed by atoms with van der Waals surface area (Å²) < 4.78 is 37.0. The SMILES string of the molecule is CC1(C)CCCC(NCC2CCN(CC(F)(F)F)C2)C1. The highest BCUT2D eigenvalue weighted by Crippen LogP contribution is 2.35. The van der Waals surface area contributed by atoms with Crippen molar-refractivity contribution in [2.24, 2.45) is 11.3 Å². The number of likely N-dealkylation sites (tertiary alicyclic amines) is 1. The van der Waals surface area contributed by atoms with Crippen LogP contribution in [0.4, 0.5) is 13.2 Å². The monoisotopic (exact) mass is 292 g/mol. The molecule has 0 aromatic heterocycles. The molecule has 2 unspecified atom stereocenters. The fourth-order valence-electron chi connectivity index (χ4n) is 3.68. The first kappa shape index (κ1) is 16.1. The maximum absolute atomic E-state index is 12.3. The van der Waals surface area contributed by atoms with Crippen LogP contribution in [0.1, 0.15) is 46.0 Å². The standard InChI is InChI=1S/C15H27F3N2/c1-14(2)6-3-4-13(8-14)19-9-12-5-7-20(10-12)11-15(16,17)18/h12-13,19H,3-11H2,1-2H3. The van der Waals surface area contributed by atoms with E-state index in [1.807, 2.05) is 0 Å². The predicted octanol–water partition coefficient (Wildman–Crippen LogP) is 3.43. The average molecular weight is 292 g/mol. The molecule has 0 radical (unpaired) electrons. The van der Waals surface area contributed by atoms with Gasteiger partial charge in [-0.15, -0.1) is 0 Å². The Morgan fingerprint density at radius 3 is 2.65 bits per heavy atom. The predicted molar refractivity (Wildman–Crippen MR) is 74.6 cm³/mol. The molecule has 2 atom stereocenters. The summed E-state index contributed by atoms with van der Waals surface area (Å²) in [6, 6.07) is 0.551. The van der Waals surface area contributed by atoms with Crippen molar-refractivity contribution in [3.8, 4) is 0 Å². The van der Waals surface area contributed by atoms with Gasteiger partial charge >= 0.3 is 6.18 Å². The van der Waals surface area contributed by atoms with E-state index in [2.05, 4.69) is 19.2 Å². The Labute approximate surface area is 120 Å². The van der Waals surface area contributed by atoms with E-state index in [0.29, 0.717) is 30.5 Å². The highest BCUT2D eigenvalue weighted by molar-refractivity contribution is 4.85. The van der Waals surface area contributed by atoms with Crippen LogP contribution in [-0.2, 0) is 0 Å². The fraction of sp³-hybridized carbons (Fsp3) is 1.00. The van der Waals surface area contributed by atoms with Crippen LogP contribution >= 0.6 is 0 Å². The van der Waals surface area contributed by atoms with Crippen LogP contribution < -0.4 is 5.32 Å². The van der Waals surface area contributed by atoms with Gasteiger partial charge in [-0.05, 0) is 50.1 Å². The van der Waals surface area contributed by atoms with Gasteiger partial charge in [0.1, 0.15) is 0 Å². The van der Waals surface area contributed by atoms with E-state index >= 15 is 0 Å². The third-order valence-corrected chi connectivity index (χ3v) is 4.67. The zero-order chi connectivity index (χ0) is 14.8. The lowest BCUT2D eigenvalue weighted by Gasteiger charge is -2.36. The lowest BCUT2D eigenvalue weighted by Crippen LogP contribution is -2.40. The van der Waals surface area contributed by atoms with E-state index in [1.165, 1.54) is 30.6 Å². The van der Waals surface area contributed by atoms with Gasteiger partial charge < -0.3 is 5.32 Å². The largest absolute Gasteiger partial charge is 0.401 e. The molecule has 20 heavy (non-hydrogen) atoms. The minimum absolute atomic E-state index is 0.377. The molecule has 1 saturated heterocycles. The number of nitrogens with one attached hydrogen (secondary N) is 1. The molecule has 0 bridgehead atoms. The molecule has 1 heterocycles. The fourth-order valence-corrected chi connectivity index (χ4v) is 3.68. The number of rotatable bonds is 4. The number of alkyl halides is 3. The van der Waals surface area contributed by atoms with Gasteiger partial charge in [-0.3, -0.25) is 4.90 Å². The summed E-state index contributed by atoms with van der Waals surface area (Å²) >= 11 is 0. The molecule has 0 aromatic rings. The molecule has 0 spiro atoms. The van der Waals surface area contributed by atoms with E-state index in [1.54, 1.807) is 0 Å². The third kappa shape index (κ3) is 5.24. The zero-order valence-electron chi connectivity index (χ0n) is 12.6. The van der Waals surface area contributed by atoms with Gasteiger partial charge in [0.2, 0.25) is 0 Å². The number of hydrogen-bond donors (Lipinski definition) is 1. The molecule has 2 rings (SSSR count). The molecule has 0 aromatic carbocycles. The number of nitrogens with zero attached hydrogens (tertiary/aromatic N) is 1. The summed E-state index contributed by atoms with van der Waals surface area (Å²) in [6.07, 6.45) is 1.77. The van der Waals surface area contributed by atoms with Crippen LogP contribution in [-0.4, -0.2) is 43.3 Å². The zero-order valence-corrected chi connectivity index (χ0v) is 12.6. The van der Waals surface area contributed by atoms with Gasteiger partial charge in [0.05, 0.1) is 6.54 Å². The van der Waals surface area contributed by atoms with Crippen molar-refractivity contribution in [2.75, 3.05) is 26.2 Å². The minimum atomic E-state index is -4.06.